The first kappa shape index (κ1) is 54.5. The summed E-state index contributed by atoms with van der Waals surface area (Å²) in [5.74, 6) is -1.96. The van der Waals surface area contributed by atoms with Gasteiger partial charge in [-0.25, -0.2) is 9.03 Å². The Labute approximate surface area is 417 Å². The summed E-state index contributed by atoms with van der Waals surface area (Å²) < 4.78 is 34.1. The van der Waals surface area contributed by atoms with Gasteiger partial charge in [-0.15, -0.1) is 10.2 Å². The highest BCUT2D eigenvalue weighted by Gasteiger charge is 2.67. The monoisotopic (exact) mass is 991 g/mol. The largest absolute Gasteiger partial charge is 0.397 e. The summed E-state index contributed by atoms with van der Waals surface area (Å²) in [6.07, 6.45) is -2.85. The molecule has 2 aliphatic heterocycles. The number of aliphatic hydroxyl groups is 5. The van der Waals surface area contributed by atoms with Crippen LogP contribution in [0, 0.1) is 11.3 Å². The number of hydrogen-bond donors (Lipinski definition) is 9. The first-order valence-electron chi connectivity index (χ1n) is 23.4. The molecule has 21 heteroatoms. The predicted octanol–water partition coefficient (Wildman–Crippen LogP) is 3.75. The molecule has 2 saturated heterocycles. The van der Waals surface area contributed by atoms with Crippen LogP contribution in [0.5, 0.6) is 0 Å². The maximum Gasteiger partial charge on any atom is 0.243 e. The Hall–Kier alpha value is -6.81. The summed E-state index contributed by atoms with van der Waals surface area (Å²) >= 11 is 0. The standard InChI is InChI=1S/C33H35N5O5.C13H16N6O4.C3H8.C2H6O/c1-32(42-21-25-15-9-4-10-16-25)29(41-20-24-13-7-3-8-14-24)27(22-40-19-23-11-5-2-6-12-23)43-33(32,39)28-18-17-26-30(34)36-31(35)37-38(26)28;1-12(22)9(21)7(4-20)23-13(12,5-14)8-3-2-6-10(15)17-11(16)18-19(6)8;1-3-2;1-2-3/h2-18,27,29,39H,19-22H2,1H3,(H4,34,35,36,37);2-3,7,9,20-22H,4H2,1H3,(H4,15,16,17,18);3H2,1-2H3;3H,2H2,1H3/t27-,29-,32-,33+;7-,9-,12-,13+;;/m11../s1. The van der Waals surface area contributed by atoms with Crippen LogP contribution < -0.4 is 22.9 Å². The van der Waals surface area contributed by atoms with Crippen LogP contribution in [-0.4, -0.2) is 110 Å². The van der Waals surface area contributed by atoms with Gasteiger partial charge in [-0.3, -0.25) is 0 Å². The average molecular weight is 992 g/mol. The number of aromatic nitrogens is 6. The molecule has 0 bridgehead atoms. The molecule has 0 radical (unpaired) electrons. The molecule has 4 aromatic heterocycles. The molecule has 384 valence electrons. The second kappa shape index (κ2) is 23.6. The molecule has 0 amide bonds. The summed E-state index contributed by atoms with van der Waals surface area (Å²) in [5, 5.41) is 68.5. The van der Waals surface area contributed by atoms with E-state index in [0.29, 0.717) is 17.6 Å². The lowest BCUT2D eigenvalue weighted by Gasteiger charge is -2.40. The molecule has 72 heavy (non-hydrogen) atoms. The lowest BCUT2D eigenvalue weighted by Crippen LogP contribution is -2.55. The lowest BCUT2D eigenvalue weighted by molar-refractivity contribution is -0.294. The van der Waals surface area contributed by atoms with Gasteiger partial charge in [-0.05, 0) is 61.7 Å². The van der Waals surface area contributed by atoms with Crippen molar-refractivity contribution >= 4 is 34.6 Å². The molecule has 0 spiro atoms. The molecule has 0 saturated carbocycles. The van der Waals surface area contributed by atoms with E-state index in [1.54, 1.807) is 32.0 Å². The minimum absolute atomic E-state index is 0.0458. The average Bonchev–Trinajstić information content (AvgIpc) is 4.10. The summed E-state index contributed by atoms with van der Waals surface area (Å²) in [6.45, 7) is 9.60. The minimum Gasteiger partial charge on any atom is -0.397 e. The molecule has 0 unspecified atom stereocenters. The topological polar surface area (TPSA) is 336 Å². The van der Waals surface area contributed by atoms with Gasteiger partial charge in [0.15, 0.2) is 17.2 Å². The van der Waals surface area contributed by atoms with Crippen molar-refractivity contribution in [1.29, 1.82) is 5.26 Å². The van der Waals surface area contributed by atoms with Crippen molar-refractivity contribution in [2.75, 3.05) is 42.8 Å². The Morgan fingerprint density at radius 1 is 0.667 bits per heavy atom. The van der Waals surface area contributed by atoms with Crippen LogP contribution >= 0.6 is 0 Å². The summed E-state index contributed by atoms with van der Waals surface area (Å²) in [4.78, 5) is 7.88. The fraction of sp³-hybridized carbons (Fsp3) is 0.392. The second-order valence-electron chi connectivity index (χ2n) is 17.4. The number of nitrogens with zero attached hydrogens (tertiary/aromatic N) is 7. The molecular formula is C51H65N11O10. The Morgan fingerprint density at radius 3 is 1.60 bits per heavy atom. The summed E-state index contributed by atoms with van der Waals surface area (Å²) in [7, 11) is 0. The van der Waals surface area contributed by atoms with Gasteiger partial charge in [0, 0.05) is 6.61 Å². The summed E-state index contributed by atoms with van der Waals surface area (Å²) in [6, 6.07) is 37.7. The van der Waals surface area contributed by atoms with E-state index in [1.807, 2.05) is 97.1 Å². The third-order valence-electron chi connectivity index (χ3n) is 12.0. The highest BCUT2D eigenvalue weighted by molar-refractivity contribution is 5.68. The number of aliphatic hydroxyl groups excluding tert-OH is 3. The Balaban J connectivity index is 0.000000245. The van der Waals surface area contributed by atoms with E-state index >= 15 is 0 Å². The van der Waals surface area contributed by atoms with Crippen molar-refractivity contribution in [2.45, 2.75) is 108 Å². The highest BCUT2D eigenvalue weighted by Crippen LogP contribution is 2.50. The zero-order valence-corrected chi connectivity index (χ0v) is 40.9. The van der Waals surface area contributed by atoms with Crippen molar-refractivity contribution in [3.63, 3.8) is 0 Å². The first-order chi connectivity index (χ1) is 34.5. The normalized spacial score (nSPS) is 25.4. The zero-order valence-electron chi connectivity index (χ0n) is 40.9. The maximum atomic E-state index is 12.6. The molecule has 13 N–H and O–H groups in total. The van der Waals surface area contributed by atoms with E-state index in [2.05, 4.69) is 34.0 Å². The van der Waals surface area contributed by atoms with Gasteiger partial charge in [0.05, 0.1) is 38.7 Å². The number of nitrogen functional groups attached to an aromatic ring is 4. The Kier molecular flexibility index (Phi) is 17.9. The minimum atomic E-state index is -2.05. The fourth-order valence-corrected chi connectivity index (χ4v) is 8.49. The molecule has 0 aliphatic carbocycles. The van der Waals surface area contributed by atoms with Crippen molar-refractivity contribution < 1.29 is 49.2 Å². The van der Waals surface area contributed by atoms with Crippen molar-refractivity contribution in [3.8, 4) is 6.07 Å². The molecule has 2 fully saturated rings. The van der Waals surface area contributed by atoms with E-state index in [0.717, 1.165) is 16.7 Å². The number of benzene rings is 3. The highest BCUT2D eigenvalue weighted by atomic mass is 16.7. The molecule has 21 nitrogen and oxygen atoms in total. The lowest BCUT2D eigenvalue weighted by atomic mass is 9.80. The molecule has 8 atom stereocenters. The van der Waals surface area contributed by atoms with Gasteiger partial charge in [0.25, 0.3) is 0 Å². The fourth-order valence-electron chi connectivity index (χ4n) is 8.49. The van der Waals surface area contributed by atoms with Crippen LogP contribution in [0.15, 0.2) is 115 Å². The molecule has 7 aromatic rings. The van der Waals surface area contributed by atoms with Crippen LogP contribution in [0.25, 0.3) is 11.0 Å². The third kappa shape index (κ3) is 11.0. The van der Waals surface area contributed by atoms with Gasteiger partial charge in [-0.2, -0.15) is 15.2 Å². The van der Waals surface area contributed by atoms with Gasteiger partial charge in [0.2, 0.25) is 23.3 Å². The number of fused-ring (bicyclic) bond motifs is 2. The van der Waals surface area contributed by atoms with Crippen LogP contribution in [0.2, 0.25) is 0 Å². The van der Waals surface area contributed by atoms with Crippen LogP contribution in [0.1, 0.15) is 69.1 Å². The SMILES string of the molecule is CCC.CCO.C[C@@]1(O)[C@H](O)[C@@H](CO)O[C@@]1(C#N)c1ccc2c(N)nc(N)nn12.C[C@@]1(OCc2ccccc2)[C@H](OCc2ccccc2)[C@@H](COCc2ccccc2)O[C@@]1(O)c1ccc2c(N)nc(N)nn12. The number of ether oxygens (including phenoxy) is 5. The van der Waals surface area contributed by atoms with Crippen LogP contribution in [0.3, 0.4) is 0 Å². The number of nitriles is 1. The van der Waals surface area contributed by atoms with Gasteiger partial charge < -0.3 is 72.2 Å². The first-order valence-corrected chi connectivity index (χ1v) is 23.4. The van der Waals surface area contributed by atoms with E-state index < -0.39 is 53.6 Å². The smallest absolute Gasteiger partial charge is 0.243 e. The predicted molar refractivity (Wildman–Crippen MR) is 268 cm³/mol. The molecule has 3 aromatic carbocycles. The van der Waals surface area contributed by atoms with E-state index in [1.165, 1.54) is 28.4 Å². The van der Waals surface area contributed by atoms with Gasteiger partial charge >= 0.3 is 0 Å². The molecule has 2 aliphatic rings. The van der Waals surface area contributed by atoms with E-state index in [-0.39, 0.29) is 61.3 Å². The second-order valence-corrected chi connectivity index (χ2v) is 17.4. The molecule has 6 heterocycles. The van der Waals surface area contributed by atoms with Crippen LogP contribution in [-0.2, 0) is 54.9 Å². The Morgan fingerprint density at radius 2 is 1.12 bits per heavy atom. The maximum absolute atomic E-state index is 12.6. The van der Waals surface area contributed by atoms with Gasteiger partial charge in [0.1, 0.15) is 52.8 Å². The zero-order chi connectivity index (χ0) is 52.3. The number of anilines is 4. The quantitative estimate of drug-likeness (QED) is 0.0794. The van der Waals surface area contributed by atoms with Crippen molar-refractivity contribution in [3.05, 3.63) is 143 Å². The molecular weight excluding hydrogens is 927 g/mol. The number of rotatable bonds is 13. The van der Waals surface area contributed by atoms with Gasteiger partial charge in [-0.1, -0.05) is 111 Å². The summed E-state index contributed by atoms with van der Waals surface area (Å²) in [5.41, 5.74) is 22.2. The molecule has 9 rings (SSSR count). The number of nitrogens with two attached hydrogens (primary N) is 4. The van der Waals surface area contributed by atoms with E-state index in [4.69, 9.17) is 51.7 Å². The third-order valence-corrected chi connectivity index (χ3v) is 12.0. The van der Waals surface area contributed by atoms with Crippen molar-refractivity contribution in [2.24, 2.45) is 0 Å². The van der Waals surface area contributed by atoms with Crippen LogP contribution in [0.4, 0.5) is 23.5 Å². The van der Waals surface area contributed by atoms with Crippen molar-refractivity contribution in [1.82, 2.24) is 29.2 Å². The number of hydrogen-bond acceptors (Lipinski definition) is 19. The van der Waals surface area contributed by atoms with E-state index in [9.17, 15) is 25.7 Å². The Bertz CT molecular complexity index is 2870.